The fraction of sp³-hybridized carbons (Fsp3) is 0.389. The number of rotatable bonds is 4. The first-order valence-electron chi connectivity index (χ1n) is 8.64. The minimum atomic E-state index is -4.50. The Kier molecular flexibility index (Phi) is 5.78. The number of amides is 2. The number of urea groups is 1. The van der Waals surface area contributed by atoms with E-state index in [2.05, 4.69) is 20.6 Å². The zero-order chi connectivity index (χ0) is 19.3. The van der Waals surface area contributed by atoms with Crippen LogP contribution < -0.4 is 10.6 Å². The first-order valence-corrected chi connectivity index (χ1v) is 8.64. The van der Waals surface area contributed by atoms with E-state index in [0.29, 0.717) is 32.5 Å². The summed E-state index contributed by atoms with van der Waals surface area (Å²) in [6, 6.07) is 10.3. The number of carbonyl (C=O) groups excluding carboxylic acids is 1. The van der Waals surface area contributed by atoms with E-state index < -0.39 is 11.9 Å². The van der Waals surface area contributed by atoms with Crippen molar-refractivity contribution in [1.82, 2.24) is 20.2 Å². The van der Waals surface area contributed by atoms with Crippen LogP contribution in [0.5, 0.6) is 0 Å². The minimum absolute atomic E-state index is 0.0424. The molecule has 6 nitrogen and oxygen atoms in total. The van der Waals surface area contributed by atoms with Gasteiger partial charge in [-0.3, -0.25) is 0 Å². The second-order valence-corrected chi connectivity index (χ2v) is 6.34. The van der Waals surface area contributed by atoms with E-state index in [-0.39, 0.29) is 17.9 Å². The summed E-state index contributed by atoms with van der Waals surface area (Å²) in [6.45, 7) is 1.50. The van der Waals surface area contributed by atoms with Crippen LogP contribution in [0, 0.1) is 0 Å². The van der Waals surface area contributed by atoms with Crippen LogP contribution in [0.1, 0.15) is 24.1 Å². The molecule has 1 aromatic carbocycles. The van der Waals surface area contributed by atoms with E-state index in [0.717, 1.165) is 18.0 Å². The Labute approximate surface area is 154 Å². The third kappa shape index (κ3) is 5.32. The maximum atomic E-state index is 12.7. The van der Waals surface area contributed by atoms with Crippen LogP contribution in [-0.4, -0.2) is 40.0 Å². The van der Waals surface area contributed by atoms with Crippen LogP contribution in [-0.2, 0) is 12.7 Å². The number of benzene rings is 1. The van der Waals surface area contributed by atoms with Crippen molar-refractivity contribution < 1.29 is 18.0 Å². The molecule has 2 aromatic rings. The van der Waals surface area contributed by atoms with Crippen molar-refractivity contribution in [2.24, 2.45) is 0 Å². The number of aromatic nitrogens is 2. The summed E-state index contributed by atoms with van der Waals surface area (Å²) >= 11 is 0. The number of anilines is 1. The van der Waals surface area contributed by atoms with Gasteiger partial charge in [0.2, 0.25) is 0 Å². The van der Waals surface area contributed by atoms with Crippen molar-refractivity contribution in [3.8, 4) is 0 Å². The smallest absolute Gasteiger partial charge is 0.367 e. The molecule has 0 unspecified atom stereocenters. The molecule has 144 valence electrons. The summed E-state index contributed by atoms with van der Waals surface area (Å²) in [7, 11) is 0. The van der Waals surface area contributed by atoms with Gasteiger partial charge in [-0.25, -0.2) is 14.8 Å². The quantitative estimate of drug-likeness (QED) is 0.855. The molecule has 0 atom stereocenters. The summed E-state index contributed by atoms with van der Waals surface area (Å²) in [6.07, 6.45) is -2.34. The average molecular weight is 379 g/mol. The van der Waals surface area contributed by atoms with Gasteiger partial charge in [0, 0.05) is 31.7 Å². The zero-order valence-corrected chi connectivity index (χ0v) is 14.5. The maximum Gasteiger partial charge on any atom is 0.433 e. The monoisotopic (exact) mass is 379 g/mol. The van der Waals surface area contributed by atoms with Crippen LogP contribution in [0.4, 0.5) is 23.8 Å². The lowest BCUT2D eigenvalue weighted by atomic mass is 10.1. The van der Waals surface area contributed by atoms with Gasteiger partial charge in [0.25, 0.3) is 0 Å². The number of carbonyl (C=O) groups is 1. The lowest BCUT2D eigenvalue weighted by molar-refractivity contribution is -0.141. The molecule has 2 amide bonds. The van der Waals surface area contributed by atoms with Gasteiger partial charge < -0.3 is 15.5 Å². The summed E-state index contributed by atoms with van der Waals surface area (Å²) in [5, 5.41) is 5.88. The Hall–Kier alpha value is -2.84. The molecule has 9 heteroatoms. The van der Waals surface area contributed by atoms with Gasteiger partial charge in [-0.2, -0.15) is 13.2 Å². The molecule has 0 aliphatic carbocycles. The van der Waals surface area contributed by atoms with Gasteiger partial charge in [0.15, 0.2) is 0 Å². The van der Waals surface area contributed by atoms with Gasteiger partial charge in [-0.05, 0) is 18.4 Å². The van der Waals surface area contributed by atoms with Gasteiger partial charge >= 0.3 is 12.2 Å². The molecule has 27 heavy (non-hydrogen) atoms. The predicted molar refractivity (Wildman–Crippen MR) is 93.9 cm³/mol. The first kappa shape index (κ1) is 18.9. The highest BCUT2D eigenvalue weighted by atomic mass is 19.4. The Morgan fingerprint density at radius 3 is 2.52 bits per heavy atom. The lowest BCUT2D eigenvalue weighted by Gasteiger charge is -2.32. The number of nitrogens with one attached hydrogen (secondary N) is 2. The van der Waals surface area contributed by atoms with Crippen molar-refractivity contribution >= 4 is 11.8 Å². The van der Waals surface area contributed by atoms with Crippen molar-refractivity contribution in [3.63, 3.8) is 0 Å². The first-order chi connectivity index (χ1) is 12.9. The van der Waals surface area contributed by atoms with Crippen LogP contribution in [0.25, 0.3) is 0 Å². The van der Waals surface area contributed by atoms with Crippen LogP contribution >= 0.6 is 0 Å². The molecule has 2 N–H and O–H groups in total. The molecule has 1 fully saturated rings. The van der Waals surface area contributed by atoms with Gasteiger partial charge in [0.05, 0.1) is 0 Å². The van der Waals surface area contributed by atoms with Gasteiger partial charge in [-0.1, -0.05) is 30.3 Å². The van der Waals surface area contributed by atoms with E-state index in [9.17, 15) is 18.0 Å². The zero-order valence-electron chi connectivity index (χ0n) is 14.5. The second kappa shape index (κ2) is 8.24. The highest BCUT2D eigenvalue weighted by Gasteiger charge is 2.33. The molecule has 0 saturated carbocycles. The number of likely N-dealkylation sites (tertiary alicyclic amines) is 1. The molecule has 2 heterocycles. The number of hydrogen-bond acceptors (Lipinski definition) is 4. The van der Waals surface area contributed by atoms with Crippen molar-refractivity contribution in [1.29, 1.82) is 0 Å². The molecular weight excluding hydrogens is 359 g/mol. The van der Waals surface area contributed by atoms with E-state index in [1.54, 1.807) is 4.90 Å². The predicted octanol–water partition coefficient (Wildman–Crippen LogP) is 3.28. The van der Waals surface area contributed by atoms with Crippen molar-refractivity contribution in [2.75, 3.05) is 18.4 Å². The third-order valence-electron chi connectivity index (χ3n) is 4.38. The molecule has 1 aromatic heterocycles. The maximum absolute atomic E-state index is 12.7. The second-order valence-electron chi connectivity index (χ2n) is 6.34. The number of hydrogen-bond donors (Lipinski definition) is 2. The molecule has 1 aliphatic rings. The van der Waals surface area contributed by atoms with Crippen molar-refractivity contribution in [2.45, 2.75) is 31.6 Å². The van der Waals surface area contributed by atoms with Crippen molar-refractivity contribution in [3.05, 3.63) is 54.0 Å². The largest absolute Gasteiger partial charge is 0.433 e. The summed E-state index contributed by atoms with van der Waals surface area (Å²) in [5.74, 6) is 0.143. The highest BCUT2D eigenvalue weighted by molar-refractivity contribution is 5.74. The van der Waals surface area contributed by atoms with Crippen LogP contribution in [0.3, 0.4) is 0 Å². The van der Waals surface area contributed by atoms with Gasteiger partial charge in [-0.15, -0.1) is 0 Å². The summed E-state index contributed by atoms with van der Waals surface area (Å²) in [4.78, 5) is 21.0. The molecular formula is C18H20F3N5O. The van der Waals surface area contributed by atoms with Crippen LogP contribution in [0.2, 0.25) is 0 Å². The van der Waals surface area contributed by atoms with E-state index in [1.807, 2.05) is 30.3 Å². The number of alkyl halides is 3. The van der Waals surface area contributed by atoms with Gasteiger partial charge in [0.1, 0.15) is 17.8 Å². The lowest BCUT2D eigenvalue weighted by Crippen LogP contribution is -2.46. The topological polar surface area (TPSA) is 70.2 Å². The molecule has 1 saturated heterocycles. The Balaban J connectivity index is 1.47. The number of halogens is 3. The minimum Gasteiger partial charge on any atom is -0.367 e. The van der Waals surface area contributed by atoms with Crippen LogP contribution in [0.15, 0.2) is 42.7 Å². The SMILES string of the molecule is O=C(NCc1ccccc1)N1CCC(Nc2cc(C(F)(F)F)ncn2)CC1. The highest BCUT2D eigenvalue weighted by Crippen LogP contribution is 2.28. The number of piperidine rings is 1. The molecule has 3 rings (SSSR count). The Morgan fingerprint density at radius 1 is 1.15 bits per heavy atom. The summed E-state index contributed by atoms with van der Waals surface area (Å²) < 4.78 is 38.1. The fourth-order valence-electron chi connectivity index (χ4n) is 2.91. The summed E-state index contributed by atoms with van der Waals surface area (Å²) in [5.41, 5.74) is 0.0457. The van der Waals surface area contributed by atoms with E-state index in [1.165, 1.54) is 0 Å². The van der Waals surface area contributed by atoms with E-state index >= 15 is 0 Å². The Morgan fingerprint density at radius 2 is 1.85 bits per heavy atom. The average Bonchev–Trinajstić information content (AvgIpc) is 2.67. The molecule has 0 spiro atoms. The molecule has 0 bridgehead atoms. The Bertz CT molecular complexity index is 761. The van der Waals surface area contributed by atoms with E-state index in [4.69, 9.17) is 0 Å². The number of nitrogens with zero attached hydrogens (tertiary/aromatic N) is 3. The standard InChI is InChI=1S/C18H20F3N5O/c19-18(20,21)15-10-16(24-12-23-15)25-14-6-8-26(9-7-14)17(27)22-11-13-4-2-1-3-5-13/h1-5,10,12,14H,6-9,11H2,(H,22,27)(H,23,24,25). The molecule has 0 radical (unpaired) electrons. The third-order valence-corrected chi connectivity index (χ3v) is 4.38. The normalized spacial score (nSPS) is 15.4. The fourth-order valence-corrected chi connectivity index (χ4v) is 2.91. The molecule has 1 aliphatic heterocycles.